The van der Waals surface area contributed by atoms with Crippen molar-refractivity contribution >= 4 is 41.2 Å². The van der Waals surface area contributed by atoms with E-state index in [1.54, 1.807) is 54.5 Å². The Kier molecular flexibility index (Phi) is 7.12. The first kappa shape index (κ1) is 21.1. The van der Waals surface area contributed by atoms with Gasteiger partial charge in [0.15, 0.2) is 0 Å². The van der Waals surface area contributed by atoms with Crippen molar-refractivity contribution in [2.24, 2.45) is 11.0 Å². The molecule has 0 radical (unpaired) electrons. The SMILES string of the molecule is COc1cccc(C(=O)N2CCC(C(=O)N/N=C\c3ccc(Cl)cc3Cl)CC2)c1. The van der Waals surface area contributed by atoms with E-state index in [1.165, 1.54) is 6.21 Å². The van der Waals surface area contributed by atoms with E-state index in [2.05, 4.69) is 10.5 Å². The molecule has 29 heavy (non-hydrogen) atoms. The molecule has 8 heteroatoms. The number of hydrogen-bond donors (Lipinski definition) is 1. The molecule has 2 aromatic carbocycles. The predicted molar refractivity (Wildman–Crippen MR) is 114 cm³/mol. The molecule has 2 aromatic rings. The number of ether oxygens (including phenoxy) is 1. The van der Waals surface area contributed by atoms with E-state index in [4.69, 9.17) is 27.9 Å². The van der Waals surface area contributed by atoms with Gasteiger partial charge in [-0.05, 0) is 43.2 Å². The lowest BCUT2D eigenvalue weighted by Gasteiger charge is -2.31. The van der Waals surface area contributed by atoms with Crippen LogP contribution in [-0.4, -0.2) is 43.1 Å². The smallest absolute Gasteiger partial charge is 0.253 e. The van der Waals surface area contributed by atoms with Crippen molar-refractivity contribution in [1.29, 1.82) is 0 Å². The first-order valence-corrected chi connectivity index (χ1v) is 9.95. The lowest BCUT2D eigenvalue weighted by atomic mass is 9.95. The molecule has 0 spiro atoms. The zero-order valence-corrected chi connectivity index (χ0v) is 17.4. The minimum atomic E-state index is -0.192. The highest BCUT2D eigenvalue weighted by Crippen LogP contribution is 2.22. The van der Waals surface area contributed by atoms with E-state index in [-0.39, 0.29) is 17.7 Å². The number of amides is 2. The zero-order valence-electron chi connectivity index (χ0n) is 15.9. The average molecular weight is 434 g/mol. The van der Waals surface area contributed by atoms with Crippen LogP contribution in [0.5, 0.6) is 5.75 Å². The number of methoxy groups -OCH3 is 1. The Balaban J connectivity index is 1.51. The van der Waals surface area contributed by atoms with Gasteiger partial charge in [0.05, 0.1) is 18.3 Å². The van der Waals surface area contributed by atoms with Crippen LogP contribution in [0.15, 0.2) is 47.6 Å². The Bertz CT molecular complexity index is 925. The van der Waals surface area contributed by atoms with Crippen LogP contribution in [0.2, 0.25) is 10.0 Å². The van der Waals surface area contributed by atoms with Gasteiger partial charge >= 0.3 is 0 Å². The minimum Gasteiger partial charge on any atom is -0.497 e. The summed E-state index contributed by atoms with van der Waals surface area (Å²) in [6.07, 6.45) is 2.65. The number of hydrogen-bond acceptors (Lipinski definition) is 4. The third-order valence-corrected chi connectivity index (χ3v) is 5.37. The number of halogens is 2. The highest BCUT2D eigenvalue weighted by atomic mass is 35.5. The van der Waals surface area contributed by atoms with Gasteiger partial charge < -0.3 is 9.64 Å². The summed E-state index contributed by atoms with van der Waals surface area (Å²) in [6, 6.07) is 12.1. The monoisotopic (exact) mass is 433 g/mol. The first-order chi connectivity index (χ1) is 14.0. The van der Waals surface area contributed by atoms with Crippen LogP contribution in [-0.2, 0) is 4.79 Å². The maximum atomic E-state index is 12.7. The number of rotatable bonds is 5. The van der Waals surface area contributed by atoms with E-state index in [1.807, 2.05) is 0 Å². The van der Waals surface area contributed by atoms with Gasteiger partial charge in [-0.15, -0.1) is 0 Å². The Labute approximate surface area is 179 Å². The fraction of sp³-hybridized carbons (Fsp3) is 0.286. The summed E-state index contributed by atoms with van der Waals surface area (Å²) in [5, 5.41) is 4.97. The summed E-state index contributed by atoms with van der Waals surface area (Å²) in [6.45, 7) is 1.03. The van der Waals surface area contributed by atoms with Crippen LogP contribution in [0.3, 0.4) is 0 Å². The molecule has 0 saturated carbocycles. The molecule has 0 atom stereocenters. The van der Waals surface area contributed by atoms with Crippen LogP contribution in [0.4, 0.5) is 0 Å². The van der Waals surface area contributed by atoms with Gasteiger partial charge in [0.25, 0.3) is 5.91 Å². The van der Waals surface area contributed by atoms with Crippen molar-refractivity contribution in [2.45, 2.75) is 12.8 Å². The lowest BCUT2D eigenvalue weighted by Crippen LogP contribution is -2.42. The summed E-state index contributed by atoms with van der Waals surface area (Å²) >= 11 is 11.9. The van der Waals surface area contributed by atoms with E-state index in [0.29, 0.717) is 52.9 Å². The number of carbonyl (C=O) groups is 2. The van der Waals surface area contributed by atoms with Gasteiger partial charge in [-0.2, -0.15) is 5.10 Å². The highest BCUT2D eigenvalue weighted by Gasteiger charge is 2.27. The number of hydrazone groups is 1. The largest absolute Gasteiger partial charge is 0.497 e. The quantitative estimate of drug-likeness (QED) is 0.571. The molecule has 1 aliphatic rings. The molecular formula is C21H21Cl2N3O3. The first-order valence-electron chi connectivity index (χ1n) is 9.19. The summed E-state index contributed by atoms with van der Waals surface area (Å²) < 4.78 is 5.17. The minimum absolute atomic E-state index is 0.0573. The fourth-order valence-corrected chi connectivity index (χ4v) is 3.60. The normalized spacial score (nSPS) is 14.8. The second-order valence-corrected chi connectivity index (χ2v) is 7.54. The molecule has 6 nitrogen and oxygen atoms in total. The van der Waals surface area contributed by atoms with Crippen molar-refractivity contribution in [3.05, 3.63) is 63.6 Å². The van der Waals surface area contributed by atoms with Crippen LogP contribution >= 0.6 is 23.2 Å². The van der Waals surface area contributed by atoms with Crippen LogP contribution in [0.25, 0.3) is 0 Å². The molecule has 0 bridgehead atoms. The topological polar surface area (TPSA) is 71.0 Å². The molecule has 1 fully saturated rings. The van der Waals surface area contributed by atoms with Crippen molar-refractivity contribution in [3.8, 4) is 5.75 Å². The molecule has 0 aliphatic carbocycles. The van der Waals surface area contributed by atoms with E-state index in [9.17, 15) is 9.59 Å². The van der Waals surface area contributed by atoms with E-state index < -0.39 is 0 Å². The van der Waals surface area contributed by atoms with Crippen molar-refractivity contribution < 1.29 is 14.3 Å². The van der Waals surface area contributed by atoms with Crippen molar-refractivity contribution in [3.63, 3.8) is 0 Å². The maximum absolute atomic E-state index is 12.7. The maximum Gasteiger partial charge on any atom is 0.253 e. The fourth-order valence-electron chi connectivity index (χ4n) is 3.15. The third-order valence-electron chi connectivity index (χ3n) is 4.81. The Morgan fingerprint density at radius 1 is 1.17 bits per heavy atom. The summed E-state index contributed by atoms with van der Waals surface area (Å²) in [7, 11) is 1.57. The second kappa shape index (κ2) is 9.76. The highest BCUT2D eigenvalue weighted by molar-refractivity contribution is 6.36. The Morgan fingerprint density at radius 2 is 1.93 bits per heavy atom. The van der Waals surface area contributed by atoms with Gasteiger partial charge in [-0.25, -0.2) is 5.43 Å². The second-order valence-electron chi connectivity index (χ2n) is 6.70. The van der Waals surface area contributed by atoms with Gasteiger partial charge in [0.1, 0.15) is 5.75 Å². The number of nitrogens with zero attached hydrogens (tertiary/aromatic N) is 2. The van der Waals surface area contributed by atoms with Crippen LogP contribution in [0, 0.1) is 5.92 Å². The molecule has 1 N–H and O–H groups in total. The Morgan fingerprint density at radius 3 is 2.62 bits per heavy atom. The lowest BCUT2D eigenvalue weighted by molar-refractivity contribution is -0.126. The van der Waals surface area contributed by atoms with Gasteiger partial charge in [-0.3, -0.25) is 9.59 Å². The summed E-state index contributed by atoms with van der Waals surface area (Å²) in [5.41, 5.74) is 3.79. The number of benzene rings is 2. The zero-order chi connectivity index (χ0) is 20.8. The third kappa shape index (κ3) is 5.49. The number of piperidine rings is 1. The van der Waals surface area contributed by atoms with Crippen LogP contribution in [0.1, 0.15) is 28.8 Å². The molecule has 1 aliphatic heterocycles. The summed E-state index contributed by atoms with van der Waals surface area (Å²) in [5.74, 6) is 0.226. The van der Waals surface area contributed by atoms with Crippen molar-refractivity contribution in [1.82, 2.24) is 10.3 Å². The van der Waals surface area contributed by atoms with Crippen LogP contribution < -0.4 is 10.2 Å². The van der Waals surface area contributed by atoms with Gasteiger partial charge in [0, 0.05) is 35.2 Å². The number of nitrogens with one attached hydrogen (secondary N) is 1. The molecular weight excluding hydrogens is 413 g/mol. The van der Waals surface area contributed by atoms with Crippen molar-refractivity contribution in [2.75, 3.05) is 20.2 Å². The van der Waals surface area contributed by atoms with Gasteiger partial charge in [-0.1, -0.05) is 35.3 Å². The standard InChI is InChI=1S/C21H21Cl2N3O3/c1-29-18-4-2-3-15(11-18)21(28)26-9-7-14(8-10-26)20(27)25-24-13-16-5-6-17(22)12-19(16)23/h2-6,11-14H,7-10H2,1H3,(H,25,27)/b24-13-. The van der Waals surface area contributed by atoms with E-state index in [0.717, 1.165) is 0 Å². The van der Waals surface area contributed by atoms with E-state index >= 15 is 0 Å². The predicted octanol–water partition coefficient (Wildman–Crippen LogP) is 4.00. The number of likely N-dealkylation sites (tertiary alicyclic amines) is 1. The Hall–Kier alpha value is -2.57. The molecule has 1 saturated heterocycles. The molecule has 2 amide bonds. The van der Waals surface area contributed by atoms with Gasteiger partial charge in [0.2, 0.25) is 5.91 Å². The molecule has 1 heterocycles. The summed E-state index contributed by atoms with van der Waals surface area (Å²) in [4.78, 5) is 26.8. The molecule has 152 valence electrons. The average Bonchev–Trinajstić information content (AvgIpc) is 2.74. The molecule has 0 unspecified atom stereocenters. The number of carbonyl (C=O) groups excluding carboxylic acids is 2. The molecule has 0 aromatic heterocycles. The molecule has 3 rings (SSSR count).